The van der Waals surface area contributed by atoms with Gasteiger partial charge in [0.25, 0.3) is 0 Å². The standard InChI is InChI=1S/C11H18N4O2/c1-8-14-10(17-15-8)6-13-9(16)5-11(7-12)3-2-4-11/h2-7,12H2,1H3,(H,13,16). The summed E-state index contributed by atoms with van der Waals surface area (Å²) < 4.78 is 4.91. The van der Waals surface area contributed by atoms with Crippen LogP contribution in [0.3, 0.4) is 0 Å². The minimum Gasteiger partial charge on any atom is -0.347 e. The van der Waals surface area contributed by atoms with Crippen LogP contribution in [-0.4, -0.2) is 22.6 Å². The van der Waals surface area contributed by atoms with E-state index in [-0.39, 0.29) is 11.3 Å². The Labute approximate surface area is 99.9 Å². The Morgan fingerprint density at radius 1 is 1.59 bits per heavy atom. The van der Waals surface area contributed by atoms with Crippen molar-refractivity contribution in [2.24, 2.45) is 11.1 Å². The molecule has 1 aliphatic rings. The maximum absolute atomic E-state index is 11.7. The van der Waals surface area contributed by atoms with Gasteiger partial charge in [-0.05, 0) is 31.7 Å². The molecule has 17 heavy (non-hydrogen) atoms. The molecule has 0 unspecified atom stereocenters. The fraction of sp³-hybridized carbons (Fsp3) is 0.727. The van der Waals surface area contributed by atoms with Crippen molar-refractivity contribution in [3.8, 4) is 0 Å². The largest absolute Gasteiger partial charge is 0.347 e. The maximum atomic E-state index is 11.7. The van der Waals surface area contributed by atoms with E-state index < -0.39 is 0 Å². The molecule has 1 fully saturated rings. The highest BCUT2D eigenvalue weighted by Gasteiger charge is 2.37. The molecule has 2 rings (SSSR count). The van der Waals surface area contributed by atoms with Gasteiger partial charge in [-0.25, -0.2) is 0 Å². The van der Waals surface area contributed by atoms with E-state index in [2.05, 4.69) is 15.5 Å². The fourth-order valence-corrected chi connectivity index (χ4v) is 2.12. The van der Waals surface area contributed by atoms with Crippen molar-refractivity contribution >= 4 is 5.91 Å². The number of amides is 1. The topological polar surface area (TPSA) is 94.0 Å². The summed E-state index contributed by atoms with van der Waals surface area (Å²) >= 11 is 0. The van der Waals surface area contributed by atoms with E-state index in [9.17, 15) is 4.79 Å². The molecule has 1 aliphatic carbocycles. The molecule has 1 aromatic heterocycles. The van der Waals surface area contributed by atoms with Gasteiger partial charge in [0.15, 0.2) is 5.82 Å². The first-order chi connectivity index (χ1) is 8.13. The molecule has 94 valence electrons. The summed E-state index contributed by atoms with van der Waals surface area (Å²) in [6.07, 6.45) is 3.77. The average molecular weight is 238 g/mol. The summed E-state index contributed by atoms with van der Waals surface area (Å²) in [6, 6.07) is 0. The minimum atomic E-state index is 0.00556. The Kier molecular flexibility index (Phi) is 3.42. The quantitative estimate of drug-likeness (QED) is 0.779. The van der Waals surface area contributed by atoms with Crippen LogP contribution in [0, 0.1) is 12.3 Å². The SMILES string of the molecule is Cc1noc(CNC(=O)CC2(CN)CCC2)n1. The molecule has 3 N–H and O–H groups in total. The van der Waals surface area contributed by atoms with Gasteiger partial charge < -0.3 is 15.6 Å². The summed E-state index contributed by atoms with van der Waals surface area (Å²) in [5.41, 5.74) is 5.74. The van der Waals surface area contributed by atoms with Crippen molar-refractivity contribution in [3.63, 3.8) is 0 Å². The first-order valence-corrected chi connectivity index (χ1v) is 5.89. The first-order valence-electron chi connectivity index (χ1n) is 5.89. The van der Waals surface area contributed by atoms with Gasteiger partial charge in [0.2, 0.25) is 11.8 Å². The van der Waals surface area contributed by atoms with Crippen molar-refractivity contribution in [2.75, 3.05) is 6.54 Å². The van der Waals surface area contributed by atoms with Crippen LogP contribution >= 0.6 is 0 Å². The molecule has 0 saturated heterocycles. The number of rotatable bonds is 5. The van der Waals surface area contributed by atoms with Gasteiger partial charge in [-0.2, -0.15) is 4.98 Å². The lowest BCUT2D eigenvalue weighted by molar-refractivity contribution is -0.125. The lowest BCUT2D eigenvalue weighted by Crippen LogP contribution is -2.41. The van der Waals surface area contributed by atoms with Crippen LogP contribution in [0.1, 0.15) is 37.4 Å². The highest BCUT2D eigenvalue weighted by molar-refractivity contribution is 5.76. The number of hydrogen-bond donors (Lipinski definition) is 2. The van der Waals surface area contributed by atoms with Gasteiger partial charge in [0.1, 0.15) is 0 Å². The third-order valence-corrected chi connectivity index (χ3v) is 3.39. The van der Waals surface area contributed by atoms with Crippen LogP contribution in [0.5, 0.6) is 0 Å². The molecule has 6 nitrogen and oxygen atoms in total. The Balaban J connectivity index is 1.77. The zero-order chi connectivity index (χ0) is 12.3. The molecule has 0 aromatic carbocycles. The van der Waals surface area contributed by atoms with Gasteiger partial charge in [0, 0.05) is 6.42 Å². The number of nitrogens with one attached hydrogen (secondary N) is 1. The van der Waals surface area contributed by atoms with Gasteiger partial charge in [0.05, 0.1) is 6.54 Å². The average Bonchev–Trinajstić information content (AvgIpc) is 2.67. The Hall–Kier alpha value is -1.43. The lowest BCUT2D eigenvalue weighted by atomic mass is 9.66. The summed E-state index contributed by atoms with van der Waals surface area (Å²) in [7, 11) is 0. The number of hydrogen-bond acceptors (Lipinski definition) is 5. The van der Waals surface area contributed by atoms with Crippen LogP contribution in [0.25, 0.3) is 0 Å². The van der Waals surface area contributed by atoms with E-state index in [0.717, 1.165) is 12.8 Å². The molecule has 1 heterocycles. The third kappa shape index (κ3) is 2.82. The second kappa shape index (κ2) is 4.83. The number of carbonyl (C=O) groups is 1. The normalized spacial score (nSPS) is 17.5. The van der Waals surface area contributed by atoms with Gasteiger partial charge in [-0.1, -0.05) is 11.6 Å². The Morgan fingerprint density at radius 2 is 2.35 bits per heavy atom. The summed E-state index contributed by atoms with van der Waals surface area (Å²) in [5.74, 6) is 1.02. The van der Waals surface area contributed by atoms with E-state index in [1.807, 2.05) is 0 Å². The zero-order valence-electron chi connectivity index (χ0n) is 10.0. The molecular formula is C11H18N4O2. The van der Waals surface area contributed by atoms with Crippen LogP contribution in [0.15, 0.2) is 4.52 Å². The van der Waals surface area contributed by atoms with Crippen LogP contribution < -0.4 is 11.1 Å². The second-order valence-electron chi connectivity index (χ2n) is 4.75. The molecule has 0 aliphatic heterocycles. The monoisotopic (exact) mass is 238 g/mol. The minimum absolute atomic E-state index is 0.00556. The van der Waals surface area contributed by atoms with Gasteiger partial charge in [-0.3, -0.25) is 4.79 Å². The van der Waals surface area contributed by atoms with Crippen LogP contribution in [-0.2, 0) is 11.3 Å². The van der Waals surface area contributed by atoms with Crippen molar-refractivity contribution in [1.82, 2.24) is 15.5 Å². The van der Waals surface area contributed by atoms with E-state index in [1.54, 1.807) is 6.92 Å². The van der Waals surface area contributed by atoms with Crippen molar-refractivity contribution in [3.05, 3.63) is 11.7 Å². The predicted octanol–water partition coefficient (Wildman–Crippen LogP) is 0.513. The predicted molar refractivity (Wildman–Crippen MR) is 60.8 cm³/mol. The molecule has 1 aromatic rings. The molecule has 1 amide bonds. The van der Waals surface area contributed by atoms with E-state index in [0.29, 0.717) is 31.2 Å². The van der Waals surface area contributed by atoms with Crippen molar-refractivity contribution < 1.29 is 9.32 Å². The van der Waals surface area contributed by atoms with E-state index >= 15 is 0 Å². The lowest BCUT2D eigenvalue weighted by Gasteiger charge is -2.40. The zero-order valence-corrected chi connectivity index (χ0v) is 10.0. The molecule has 0 bridgehead atoms. The number of aromatic nitrogens is 2. The maximum Gasteiger partial charge on any atom is 0.246 e. The Bertz CT molecular complexity index is 392. The fourth-order valence-electron chi connectivity index (χ4n) is 2.12. The number of nitrogens with zero attached hydrogens (tertiary/aromatic N) is 2. The van der Waals surface area contributed by atoms with E-state index in [1.165, 1.54) is 6.42 Å². The van der Waals surface area contributed by atoms with Crippen molar-refractivity contribution in [1.29, 1.82) is 0 Å². The first kappa shape index (κ1) is 12.0. The molecule has 0 atom stereocenters. The smallest absolute Gasteiger partial charge is 0.246 e. The summed E-state index contributed by atoms with van der Waals surface area (Å²) in [6.45, 7) is 2.62. The molecule has 0 spiro atoms. The summed E-state index contributed by atoms with van der Waals surface area (Å²) in [4.78, 5) is 15.8. The highest BCUT2D eigenvalue weighted by atomic mass is 16.5. The van der Waals surface area contributed by atoms with Gasteiger partial charge >= 0.3 is 0 Å². The molecule has 0 radical (unpaired) electrons. The van der Waals surface area contributed by atoms with Gasteiger partial charge in [-0.15, -0.1) is 0 Å². The Morgan fingerprint density at radius 3 is 2.82 bits per heavy atom. The van der Waals surface area contributed by atoms with E-state index in [4.69, 9.17) is 10.3 Å². The molecule has 1 saturated carbocycles. The van der Waals surface area contributed by atoms with Crippen LogP contribution in [0.2, 0.25) is 0 Å². The van der Waals surface area contributed by atoms with Crippen molar-refractivity contribution in [2.45, 2.75) is 39.2 Å². The number of aryl methyl sites for hydroxylation is 1. The molecule has 6 heteroatoms. The molecular weight excluding hydrogens is 220 g/mol. The van der Waals surface area contributed by atoms with Crippen LogP contribution in [0.4, 0.5) is 0 Å². The number of nitrogens with two attached hydrogens (primary N) is 1. The number of carbonyl (C=O) groups excluding carboxylic acids is 1. The highest BCUT2D eigenvalue weighted by Crippen LogP contribution is 2.42. The third-order valence-electron chi connectivity index (χ3n) is 3.39. The second-order valence-corrected chi connectivity index (χ2v) is 4.75. The summed E-state index contributed by atoms with van der Waals surface area (Å²) in [5, 5.41) is 6.44.